The van der Waals surface area contributed by atoms with Gasteiger partial charge in [0, 0.05) is 0 Å². The summed E-state index contributed by atoms with van der Waals surface area (Å²) in [5.41, 5.74) is 0.111. The molecule has 0 aliphatic rings. The lowest BCUT2D eigenvalue weighted by Gasteiger charge is -2.11. The molecule has 1 N–H and O–H groups in total. The normalized spacial score (nSPS) is 11.2. The quantitative estimate of drug-likeness (QED) is 0.909. The Morgan fingerprint density at radius 2 is 1.90 bits per heavy atom. The van der Waals surface area contributed by atoms with E-state index >= 15 is 0 Å². The van der Waals surface area contributed by atoms with Gasteiger partial charge in [0.15, 0.2) is 11.6 Å². The smallest absolute Gasteiger partial charge is 0.262 e. The Bertz CT molecular complexity index is 781. The van der Waals surface area contributed by atoms with Gasteiger partial charge in [-0.3, -0.25) is 4.72 Å². The minimum absolute atomic E-state index is 0.0465. The van der Waals surface area contributed by atoms with Crippen LogP contribution < -0.4 is 9.46 Å². The molecule has 0 spiro atoms. The number of nitrogens with one attached hydrogen (secondary N) is 1. The van der Waals surface area contributed by atoms with Crippen molar-refractivity contribution in [2.24, 2.45) is 0 Å². The fraction of sp³-hybridized carbons (Fsp3) is 0.0769. The Kier molecular flexibility index (Phi) is 4.61. The maximum atomic E-state index is 13.6. The monoisotopic (exact) mass is 349 g/mol. The molecule has 112 valence electrons. The minimum atomic E-state index is -3.99. The standard InChI is InChI=1S/C13H10Cl2FNO3S/c1-20-12-6-5-8(7-10(12)16)21(18,19)17-11-4-2-3-9(14)13(11)15/h2-7,17H,1H3. The average Bonchev–Trinajstić information content (AvgIpc) is 2.43. The zero-order valence-electron chi connectivity index (χ0n) is 10.7. The molecule has 2 aromatic carbocycles. The summed E-state index contributed by atoms with van der Waals surface area (Å²) in [5.74, 6) is -0.827. The molecule has 0 bridgehead atoms. The highest BCUT2D eigenvalue weighted by Crippen LogP contribution is 2.31. The first-order valence-electron chi connectivity index (χ1n) is 5.65. The lowest BCUT2D eigenvalue weighted by atomic mass is 10.3. The molecule has 0 radical (unpaired) electrons. The molecule has 0 aliphatic heterocycles. The number of methoxy groups -OCH3 is 1. The van der Waals surface area contributed by atoms with Crippen LogP contribution in [-0.4, -0.2) is 15.5 Å². The van der Waals surface area contributed by atoms with Crippen molar-refractivity contribution in [2.45, 2.75) is 4.90 Å². The van der Waals surface area contributed by atoms with Crippen molar-refractivity contribution in [3.63, 3.8) is 0 Å². The Hall–Kier alpha value is -1.50. The van der Waals surface area contributed by atoms with E-state index in [0.29, 0.717) is 0 Å². The largest absolute Gasteiger partial charge is 0.494 e. The van der Waals surface area contributed by atoms with Gasteiger partial charge < -0.3 is 4.74 Å². The number of rotatable bonds is 4. The molecule has 0 aliphatic carbocycles. The summed E-state index contributed by atoms with van der Waals surface area (Å²) in [6, 6.07) is 7.83. The van der Waals surface area contributed by atoms with E-state index in [1.54, 1.807) is 6.07 Å². The van der Waals surface area contributed by atoms with Crippen LogP contribution in [0.3, 0.4) is 0 Å². The van der Waals surface area contributed by atoms with Gasteiger partial charge in [0.1, 0.15) is 0 Å². The number of anilines is 1. The molecule has 0 aromatic heterocycles. The van der Waals surface area contributed by atoms with E-state index in [9.17, 15) is 12.8 Å². The summed E-state index contributed by atoms with van der Waals surface area (Å²) in [5, 5.41) is 0.273. The van der Waals surface area contributed by atoms with Crippen molar-refractivity contribution < 1.29 is 17.5 Å². The summed E-state index contributed by atoms with van der Waals surface area (Å²) in [6.07, 6.45) is 0. The van der Waals surface area contributed by atoms with Crippen LogP contribution in [0.25, 0.3) is 0 Å². The van der Waals surface area contributed by atoms with Gasteiger partial charge in [0.25, 0.3) is 10.0 Å². The van der Waals surface area contributed by atoms with E-state index in [1.807, 2.05) is 0 Å². The maximum Gasteiger partial charge on any atom is 0.262 e. The molecule has 2 rings (SSSR count). The Labute approximate surface area is 131 Å². The van der Waals surface area contributed by atoms with Gasteiger partial charge in [-0.1, -0.05) is 29.3 Å². The van der Waals surface area contributed by atoms with Crippen molar-refractivity contribution in [1.82, 2.24) is 0 Å². The molecule has 4 nitrogen and oxygen atoms in total. The van der Waals surface area contributed by atoms with Crippen LogP contribution in [-0.2, 0) is 10.0 Å². The van der Waals surface area contributed by atoms with Gasteiger partial charge in [0.2, 0.25) is 0 Å². The molecule has 0 heterocycles. The molecular weight excluding hydrogens is 340 g/mol. The second-order valence-corrected chi connectivity index (χ2v) is 6.47. The molecule has 0 amide bonds. The third kappa shape index (κ3) is 3.40. The Morgan fingerprint density at radius 1 is 1.19 bits per heavy atom. The van der Waals surface area contributed by atoms with Crippen LogP contribution in [0, 0.1) is 5.82 Å². The first-order chi connectivity index (χ1) is 9.85. The average molecular weight is 350 g/mol. The zero-order chi connectivity index (χ0) is 15.6. The summed E-state index contributed by atoms with van der Waals surface area (Å²) in [7, 11) is -2.70. The summed E-state index contributed by atoms with van der Waals surface area (Å²) in [6.45, 7) is 0. The minimum Gasteiger partial charge on any atom is -0.494 e. The Balaban J connectivity index is 2.39. The molecule has 0 saturated heterocycles. The van der Waals surface area contributed by atoms with Gasteiger partial charge in [-0.2, -0.15) is 0 Å². The first kappa shape index (κ1) is 15.9. The third-order valence-electron chi connectivity index (χ3n) is 2.63. The molecule has 8 heteroatoms. The van der Waals surface area contributed by atoms with Crippen molar-refractivity contribution in [1.29, 1.82) is 0 Å². The lowest BCUT2D eigenvalue weighted by Crippen LogP contribution is -2.13. The molecule has 0 atom stereocenters. The van der Waals surface area contributed by atoms with E-state index < -0.39 is 15.8 Å². The molecule has 0 fully saturated rings. The van der Waals surface area contributed by atoms with E-state index in [4.69, 9.17) is 27.9 Å². The van der Waals surface area contributed by atoms with Crippen molar-refractivity contribution in [2.75, 3.05) is 11.8 Å². The number of hydrogen-bond donors (Lipinski definition) is 1. The molecular formula is C13H10Cl2FNO3S. The van der Waals surface area contributed by atoms with E-state index in [-0.39, 0.29) is 26.4 Å². The van der Waals surface area contributed by atoms with Gasteiger partial charge in [-0.15, -0.1) is 0 Å². The zero-order valence-corrected chi connectivity index (χ0v) is 13.1. The summed E-state index contributed by atoms with van der Waals surface area (Å²) < 4.78 is 45.0. The first-order valence-corrected chi connectivity index (χ1v) is 7.89. The van der Waals surface area contributed by atoms with Gasteiger partial charge in [-0.25, -0.2) is 12.8 Å². The Morgan fingerprint density at radius 3 is 2.52 bits per heavy atom. The van der Waals surface area contributed by atoms with Crippen molar-refractivity contribution in [3.8, 4) is 5.75 Å². The topological polar surface area (TPSA) is 55.4 Å². The third-order valence-corrected chi connectivity index (χ3v) is 4.81. The van der Waals surface area contributed by atoms with Crippen molar-refractivity contribution >= 4 is 38.9 Å². The number of halogens is 3. The highest BCUT2D eigenvalue weighted by molar-refractivity contribution is 7.92. The predicted octanol–water partition coefficient (Wildman–Crippen LogP) is 3.94. The van der Waals surface area contributed by atoms with Crippen LogP contribution in [0.5, 0.6) is 5.75 Å². The fourth-order valence-electron chi connectivity index (χ4n) is 1.60. The van der Waals surface area contributed by atoms with Crippen LogP contribution >= 0.6 is 23.2 Å². The van der Waals surface area contributed by atoms with Gasteiger partial charge in [0.05, 0.1) is 27.7 Å². The predicted molar refractivity (Wildman–Crippen MR) is 80.2 cm³/mol. The maximum absolute atomic E-state index is 13.6. The van der Waals surface area contributed by atoms with E-state index in [0.717, 1.165) is 6.07 Å². The fourth-order valence-corrected chi connectivity index (χ4v) is 3.09. The van der Waals surface area contributed by atoms with Crippen molar-refractivity contribution in [3.05, 3.63) is 52.3 Å². The van der Waals surface area contributed by atoms with Crippen LogP contribution in [0.2, 0.25) is 10.0 Å². The highest BCUT2D eigenvalue weighted by atomic mass is 35.5. The number of benzene rings is 2. The summed E-state index contributed by atoms with van der Waals surface area (Å²) >= 11 is 11.7. The van der Waals surface area contributed by atoms with E-state index in [1.165, 1.54) is 31.4 Å². The molecule has 2 aromatic rings. The molecule has 0 unspecified atom stereocenters. The molecule has 0 saturated carbocycles. The van der Waals surface area contributed by atoms with Crippen LogP contribution in [0.1, 0.15) is 0 Å². The number of ether oxygens (including phenoxy) is 1. The second kappa shape index (κ2) is 6.09. The lowest BCUT2D eigenvalue weighted by molar-refractivity contribution is 0.385. The number of sulfonamides is 1. The highest BCUT2D eigenvalue weighted by Gasteiger charge is 2.18. The SMILES string of the molecule is COc1ccc(S(=O)(=O)Nc2cccc(Cl)c2Cl)cc1F. The second-order valence-electron chi connectivity index (χ2n) is 4.00. The van der Waals surface area contributed by atoms with Crippen LogP contribution in [0.15, 0.2) is 41.3 Å². The molecule has 21 heavy (non-hydrogen) atoms. The van der Waals surface area contributed by atoms with Crippen LogP contribution in [0.4, 0.5) is 10.1 Å². The van der Waals surface area contributed by atoms with E-state index in [2.05, 4.69) is 4.72 Å². The van der Waals surface area contributed by atoms with Gasteiger partial charge in [-0.05, 0) is 30.3 Å². The summed E-state index contributed by atoms with van der Waals surface area (Å²) in [4.78, 5) is -0.253. The van der Waals surface area contributed by atoms with Gasteiger partial charge >= 0.3 is 0 Å². The number of hydrogen-bond acceptors (Lipinski definition) is 3.